The third kappa shape index (κ3) is 1.04. The first-order valence-corrected chi connectivity index (χ1v) is 4.47. The monoisotopic (exact) mass is 172 g/mol. The molecule has 2 fully saturated rings. The van der Waals surface area contributed by atoms with E-state index in [1.165, 1.54) is 4.90 Å². The van der Waals surface area contributed by atoms with Crippen LogP contribution in [0.3, 0.4) is 0 Å². The molecule has 2 heterocycles. The summed E-state index contributed by atoms with van der Waals surface area (Å²) in [5.74, 6) is 0.293. The Morgan fingerprint density at radius 1 is 1.45 bits per heavy atom. The van der Waals surface area contributed by atoms with Gasteiger partial charge in [0, 0.05) is 13.1 Å². The summed E-state index contributed by atoms with van der Waals surface area (Å²) in [6.07, 6.45) is 0. The smallest absolute Gasteiger partial charge is 0.289 e. The van der Waals surface area contributed by atoms with Gasteiger partial charge < -0.3 is 5.32 Å². The number of nitrogens with one attached hydrogen (secondary N) is 1. The Kier molecular flexibility index (Phi) is 1.61. The van der Waals surface area contributed by atoms with Crippen LogP contribution in [0.5, 0.6) is 0 Å². The molecular weight excluding hydrogens is 164 g/mol. The van der Waals surface area contributed by atoms with Crippen LogP contribution in [0.15, 0.2) is 0 Å². The minimum Gasteiger partial charge on any atom is -0.313 e. The molecule has 0 spiro atoms. The van der Waals surface area contributed by atoms with Crippen molar-refractivity contribution in [1.82, 2.24) is 10.2 Å². The number of carbonyl (C=O) groups excluding carboxylic acids is 2. The molecule has 0 aromatic rings. The van der Waals surface area contributed by atoms with Crippen LogP contribution in [-0.4, -0.2) is 40.9 Å². The Morgan fingerprint density at radius 2 is 2.18 bits per heavy atom. The van der Waals surface area contributed by atoms with Crippen molar-refractivity contribution in [1.29, 1.82) is 0 Å². The van der Waals surface area contributed by atoms with Crippen LogP contribution < -0.4 is 5.32 Å². The second kappa shape index (κ2) is 2.49. The van der Waals surface area contributed by atoms with Gasteiger partial charge in [-0.05, 0) is 0 Å². The number of carbonyl (C=O) groups is 2. The van der Waals surface area contributed by atoms with Crippen molar-refractivity contribution in [3.63, 3.8) is 0 Å². The lowest BCUT2D eigenvalue weighted by Crippen LogP contribution is -2.58. The van der Waals surface area contributed by atoms with E-state index in [2.05, 4.69) is 5.32 Å². The van der Waals surface area contributed by atoms with Crippen molar-refractivity contribution in [2.45, 2.75) is 6.04 Å². The van der Waals surface area contributed by atoms with Crippen LogP contribution >= 0.6 is 11.8 Å². The zero-order valence-electron chi connectivity index (χ0n) is 5.87. The van der Waals surface area contributed by atoms with Crippen LogP contribution in [-0.2, 0) is 4.79 Å². The lowest BCUT2D eigenvalue weighted by Gasteiger charge is -2.33. The largest absolute Gasteiger partial charge is 0.313 e. The minimum atomic E-state index is -0.0819. The van der Waals surface area contributed by atoms with Gasteiger partial charge in [0.15, 0.2) is 0 Å². The van der Waals surface area contributed by atoms with Crippen LogP contribution in [0.25, 0.3) is 0 Å². The molecule has 0 atom stereocenters. The zero-order valence-corrected chi connectivity index (χ0v) is 6.69. The van der Waals surface area contributed by atoms with Gasteiger partial charge >= 0.3 is 0 Å². The van der Waals surface area contributed by atoms with Gasteiger partial charge in [-0.1, -0.05) is 11.8 Å². The molecule has 0 aliphatic carbocycles. The Balaban J connectivity index is 2.09. The molecule has 2 aliphatic heterocycles. The fourth-order valence-corrected chi connectivity index (χ4v) is 1.95. The van der Waals surface area contributed by atoms with Gasteiger partial charge in [-0.15, -0.1) is 0 Å². The minimum absolute atomic E-state index is 0.0356. The van der Waals surface area contributed by atoms with E-state index in [0.717, 1.165) is 24.9 Å². The van der Waals surface area contributed by atoms with Gasteiger partial charge in [-0.3, -0.25) is 14.5 Å². The van der Waals surface area contributed by atoms with E-state index in [-0.39, 0.29) is 17.2 Å². The van der Waals surface area contributed by atoms with Gasteiger partial charge in [0.1, 0.15) is 0 Å². The number of amides is 2. The topological polar surface area (TPSA) is 49.4 Å². The van der Waals surface area contributed by atoms with E-state index in [9.17, 15) is 9.59 Å². The number of hydrogen-bond acceptors (Lipinski definition) is 4. The highest BCUT2D eigenvalue weighted by molar-refractivity contribution is 8.14. The molecule has 0 aromatic carbocycles. The quantitative estimate of drug-likeness (QED) is 0.587. The fraction of sp³-hybridized carbons (Fsp3) is 0.667. The summed E-state index contributed by atoms with van der Waals surface area (Å²) < 4.78 is 0. The normalized spacial score (nSPS) is 26.0. The molecule has 0 saturated carbocycles. The molecule has 0 radical (unpaired) electrons. The first-order valence-electron chi connectivity index (χ1n) is 3.48. The summed E-state index contributed by atoms with van der Waals surface area (Å²) in [5.41, 5.74) is 0. The molecule has 1 N–H and O–H groups in total. The van der Waals surface area contributed by atoms with Gasteiger partial charge in [-0.2, -0.15) is 0 Å². The van der Waals surface area contributed by atoms with Gasteiger partial charge in [0.2, 0.25) is 5.91 Å². The SMILES string of the molecule is O=C1CSC(=O)N1C1CNC1. The highest BCUT2D eigenvalue weighted by Gasteiger charge is 2.38. The molecule has 4 nitrogen and oxygen atoms in total. The van der Waals surface area contributed by atoms with E-state index in [4.69, 9.17) is 0 Å². The Hall–Kier alpha value is -0.550. The van der Waals surface area contributed by atoms with E-state index < -0.39 is 0 Å². The zero-order chi connectivity index (χ0) is 7.84. The molecule has 2 rings (SSSR count). The number of hydrogen-bond donors (Lipinski definition) is 1. The molecule has 11 heavy (non-hydrogen) atoms. The third-order valence-electron chi connectivity index (χ3n) is 1.91. The second-order valence-corrected chi connectivity index (χ2v) is 3.56. The predicted molar refractivity (Wildman–Crippen MR) is 41.4 cm³/mol. The van der Waals surface area contributed by atoms with Crippen molar-refractivity contribution in [3.05, 3.63) is 0 Å². The van der Waals surface area contributed by atoms with Crippen molar-refractivity contribution in [3.8, 4) is 0 Å². The summed E-state index contributed by atoms with van der Waals surface area (Å²) in [6, 6.07) is 0.130. The summed E-state index contributed by atoms with van der Waals surface area (Å²) >= 11 is 1.10. The average Bonchev–Trinajstić information content (AvgIpc) is 2.15. The molecule has 5 heteroatoms. The maximum absolute atomic E-state index is 11.1. The molecule has 60 valence electrons. The van der Waals surface area contributed by atoms with E-state index in [1.807, 2.05) is 0 Å². The van der Waals surface area contributed by atoms with E-state index in [1.54, 1.807) is 0 Å². The van der Waals surface area contributed by atoms with Crippen molar-refractivity contribution < 1.29 is 9.59 Å². The van der Waals surface area contributed by atoms with E-state index >= 15 is 0 Å². The van der Waals surface area contributed by atoms with Crippen LogP contribution in [0.1, 0.15) is 0 Å². The number of rotatable bonds is 1. The van der Waals surface area contributed by atoms with Crippen molar-refractivity contribution in [2.24, 2.45) is 0 Å². The highest BCUT2D eigenvalue weighted by atomic mass is 32.2. The summed E-state index contributed by atoms with van der Waals surface area (Å²) in [6.45, 7) is 1.52. The summed E-state index contributed by atoms with van der Waals surface area (Å²) in [7, 11) is 0. The first-order chi connectivity index (χ1) is 5.29. The Bertz CT molecular complexity index is 199. The number of thioether (sulfide) groups is 1. The predicted octanol–water partition coefficient (Wildman–Crippen LogP) is -0.346. The van der Waals surface area contributed by atoms with Crippen LogP contribution in [0, 0.1) is 0 Å². The lowest BCUT2D eigenvalue weighted by atomic mass is 10.1. The molecular formula is C6H8N2O2S. The third-order valence-corrected chi connectivity index (χ3v) is 2.74. The van der Waals surface area contributed by atoms with Crippen LogP contribution in [0.4, 0.5) is 4.79 Å². The maximum Gasteiger partial charge on any atom is 0.289 e. The second-order valence-electron chi connectivity index (χ2n) is 2.63. The van der Waals surface area contributed by atoms with Crippen molar-refractivity contribution >= 4 is 22.9 Å². The molecule has 2 aliphatic rings. The lowest BCUT2D eigenvalue weighted by molar-refractivity contribution is -0.126. The molecule has 0 bridgehead atoms. The fourth-order valence-electron chi connectivity index (χ4n) is 1.17. The Labute approximate surface area is 68.3 Å². The first kappa shape index (κ1) is 7.12. The van der Waals surface area contributed by atoms with Gasteiger partial charge in [0.25, 0.3) is 5.24 Å². The average molecular weight is 172 g/mol. The maximum atomic E-state index is 11.1. The molecule has 2 saturated heterocycles. The number of imide groups is 1. The van der Waals surface area contributed by atoms with E-state index in [0.29, 0.717) is 5.75 Å². The van der Waals surface area contributed by atoms with Gasteiger partial charge in [-0.25, -0.2) is 0 Å². The molecule has 0 aromatic heterocycles. The van der Waals surface area contributed by atoms with Gasteiger partial charge in [0.05, 0.1) is 11.8 Å². The molecule has 0 unspecified atom stereocenters. The van der Waals surface area contributed by atoms with Crippen molar-refractivity contribution in [2.75, 3.05) is 18.8 Å². The Morgan fingerprint density at radius 3 is 2.55 bits per heavy atom. The standard InChI is InChI=1S/C6H8N2O2S/c9-5-3-11-6(10)8(5)4-1-7-2-4/h4,7H,1-3H2. The van der Waals surface area contributed by atoms with Crippen LogP contribution in [0.2, 0.25) is 0 Å². The summed E-state index contributed by atoms with van der Waals surface area (Å²) in [4.78, 5) is 23.5. The highest BCUT2D eigenvalue weighted by Crippen LogP contribution is 2.22. The summed E-state index contributed by atoms with van der Waals surface area (Å²) in [5, 5.41) is 2.94. The molecule has 2 amide bonds. The number of nitrogens with zero attached hydrogens (tertiary/aromatic N) is 1.